The van der Waals surface area contributed by atoms with Crippen molar-refractivity contribution < 1.29 is 0 Å². The van der Waals surface area contributed by atoms with Gasteiger partial charge in [-0.2, -0.15) is 5.26 Å². The lowest BCUT2D eigenvalue weighted by Gasteiger charge is -2.06. The van der Waals surface area contributed by atoms with Gasteiger partial charge in [-0.3, -0.25) is 0 Å². The summed E-state index contributed by atoms with van der Waals surface area (Å²) in [7, 11) is 0. The predicted octanol–water partition coefficient (Wildman–Crippen LogP) is 3.34. The van der Waals surface area contributed by atoms with Crippen molar-refractivity contribution in [2.75, 3.05) is 0 Å². The molecule has 0 saturated heterocycles. The van der Waals surface area contributed by atoms with Gasteiger partial charge in [-0.25, -0.2) is 9.97 Å². The van der Waals surface area contributed by atoms with E-state index < -0.39 is 0 Å². The minimum absolute atomic E-state index is 0.554. The number of unbranched alkanes of at least 4 members (excludes halogenated alkanes) is 1. The fraction of sp³-hybridized carbons (Fsp3) is 0.462. The standard InChI is InChI=1S/C13H15ClN4/c1-2-5-12-17-11-8-10(14)9-16-13(11)18(12)7-4-3-6-15/h8-9H,2-5,7H2,1H3. The molecule has 2 aromatic rings. The summed E-state index contributed by atoms with van der Waals surface area (Å²) in [5, 5.41) is 9.21. The molecule has 0 fully saturated rings. The molecule has 0 radical (unpaired) electrons. The Balaban J connectivity index is 2.39. The molecule has 2 rings (SSSR count). The molecule has 0 spiro atoms. The largest absolute Gasteiger partial charge is 0.313 e. The fourth-order valence-electron chi connectivity index (χ4n) is 2.00. The second-order valence-corrected chi connectivity index (χ2v) is 4.62. The summed E-state index contributed by atoms with van der Waals surface area (Å²) < 4.78 is 2.10. The molecule has 0 saturated carbocycles. The molecule has 0 N–H and O–H groups in total. The van der Waals surface area contributed by atoms with E-state index in [-0.39, 0.29) is 0 Å². The number of imidazole rings is 1. The van der Waals surface area contributed by atoms with Crippen molar-refractivity contribution in [2.45, 2.75) is 39.2 Å². The van der Waals surface area contributed by atoms with Gasteiger partial charge in [0.05, 0.1) is 11.1 Å². The zero-order valence-corrected chi connectivity index (χ0v) is 11.1. The van der Waals surface area contributed by atoms with Crippen LogP contribution >= 0.6 is 11.6 Å². The first kappa shape index (κ1) is 12.8. The molecule has 2 aromatic heterocycles. The smallest absolute Gasteiger partial charge is 0.160 e. The highest BCUT2D eigenvalue weighted by atomic mass is 35.5. The van der Waals surface area contributed by atoms with Crippen molar-refractivity contribution in [3.8, 4) is 6.07 Å². The Hall–Kier alpha value is -1.60. The van der Waals surface area contributed by atoms with E-state index in [4.69, 9.17) is 16.9 Å². The van der Waals surface area contributed by atoms with Crippen molar-refractivity contribution >= 4 is 22.8 Å². The lowest BCUT2D eigenvalue weighted by atomic mass is 10.3. The Bertz CT molecular complexity index is 582. The van der Waals surface area contributed by atoms with E-state index >= 15 is 0 Å². The molecule has 4 nitrogen and oxygen atoms in total. The van der Waals surface area contributed by atoms with Crippen molar-refractivity contribution in [3.63, 3.8) is 0 Å². The van der Waals surface area contributed by atoms with Crippen LogP contribution in [0.3, 0.4) is 0 Å². The van der Waals surface area contributed by atoms with Crippen LogP contribution in [-0.2, 0) is 13.0 Å². The lowest BCUT2D eigenvalue weighted by molar-refractivity contribution is 0.624. The van der Waals surface area contributed by atoms with Gasteiger partial charge in [0.2, 0.25) is 0 Å². The molecule has 18 heavy (non-hydrogen) atoms. The first-order valence-electron chi connectivity index (χ1n) is 6.14. The first-order valence-corrected chi connectivity index (χ1v) is 6.51. The normalized spacial score (nSPS) is 10.7. The zero-order valence-electron chi connectivity index (χ0n) is 10.4. The maximum absolute atomic E-state index is 8.61. The number of hydrogen-bond acceptors (Lipinski definition) is 3. The summed E-state index contributed by atoms with van der Waals surface area (Å²) in [6, 6.07) is 4.00. The van der Waals surface area contributed by atoms with Gasteiger partial charge in [-0.05, 0) is 18.9 Å². The number of rotatable bonds is 5. The van der Waals surface area contributed by atoms with Gasteiger partial charge in [0, 0.05) is 25.6 Å². The van der Waals surface area contributed by atoms with Gasteiger partial charge in [-0.1, -0.05) is 18.5 Å². The summed E-state index contributed by atoms with van der Waals surface area (Å²) >= 11 is 5.93. The number of hydrogen-bond donors (Lipinski definition) is 0. The van der Waals surface area contributed by atoms with Gasteiger partial charge >= 0.3 is 0 Å². The average Bonchev–Trinajstić information content (AvgIpc) is 2.67. The van der Waals surface area contributed by atoms with Gasteiger partial charge < -0.3 is 4.57 Å². The average molecular weight is 263 g/mol. The Morgan fingerprint density at radius 2 is 2.33 bits per heavy atom. The zero-order chi connectivity index (χ0) is 13.0. The van der Waals surface area contributed by atoms with E-state index in [0.717, 1.165) is 42.8 Å². The number of aryl methyl sites for hydroxylation is 2. The van der Waals surface area contributed by atoms with Crippen molar-refractivity contribution in [3.05, 3.63) is 23.1 Å². The number of halogens is 1. The van der Waals surface area contributed by atoms with Gasteiger partial charge in [0.1, 0.15) is 11.3 Å². The van der Waals surface area contributed by atoms with Crippen LogP contribution in [0.15, 0.2) is 12.3 Å². The molecule has 0 aliphatic carbocycles. The van der Waals surface area contributed by atoms with Crippen LogP contribution in [0, 0.1) is 11.3 Å². The number of aromatic nitrogens is 3. The maximum atomic E-state index is 8.61. The molecule has 0 aliphatic heterocycles. The van der Waals surface area contributed by atoms with Crippen LogP contribution in [-0.4, -0.2) is 14.5 Å². The topological polar surface area (TPSA) is 54.5 Å². The molecule has 0 aliphatic rings. The number of nitrogens with zero attached hydrogens (tertiary/aromatic N) is 4. The quantitative estimate of drug-likeness (QED) is 0.777. The van der Waals surface area contributed by atoms with Crippen molar-refractivity contribution in [2.24, 2.45) is 0 Å². The van der Waals surface area contributed by atoms with Crippen LogP contribution < -0.4 is 0 Å². The number of nitriles is 1. The van der Waals surface area contributed by atoms with Gasteiger partial charge in [-0.15, -0.1) is 0 Å². The van der Waals surface area contributed by atoms with E-state index in [1.807, 2.05) is 6.07 Å². The summed E-state index contributed by atoms with van der Waals surface area (Å²) in [4.78, 5) is 8.92. The molecule has 0 unspecified atom stereocenters. The van der Waals surface area contributed by atoms with E-state index in [1.54, 1.807) is 6.20 Å². The summed E-state index contributed by atoms with van der Waals surface area (Å²) in [5.41, 5.74) is 1.70. The summed E-state index contributed by atoms with van der Waals surface area (Å²) in [6.45, 7) is 2.91. The van der Waals surface area contributed by atoms with E-state index in [0.29, 0.717) is 11.4 Å². The molecule has 0 atom stereocenters. The molecule has 2 heterocycles. The molecular formula is C13H15ClN4. The first-order chi connectivity index (χ1) is 8.76. The predicted molar refractivity (Wildman–Crippen MR) is 71.4 cm³/mol. The Kier molecular flexibility index (Phi) is 4.16. The van der Waals surface area contributed by atoms with Gasteiger partial charge in [0.15, 0.2) is 5.65 Å². The second kappa shape index (κ2) is 5.83. The Labute approximate surface area is 111 Å². The van der Waals surface area contributed by atoms with E-state index in [2.05, 4.69) is 27.5 Å². The third-order valence-electron chi connectivity index (χ3n) is 2.77. The highest BCUT2D eigenvalue weighted by molar-refractivity contribution is 6.31. The maximum Gasteiger partial charge on any atom is 0.160 e. The molecule has 94 valence electrons. The van der Waals surface area contributed by atoms with Crippen LogP contribution in [0.1, 0.15) is 32.0 Å². The monoisotopic (exact) mass is 262 g/mol. The van der Waals surface area contributed by atoms with Crippen LogP contribution in [0.2, 0.25) is 5.02 Å². The Morgan fingerprint density at radius 3 is 3.06 bits per heavy atom. The molecule has 0 bridgehead atoms. The summed E-state index contributed by atoms with van der Waals surface area (Å²) in [6.07, 6.45) is 4.97. The lowest BCUT2D eigenvalue weighted by Crippen LogP contribution is -2.04. The third kappa shape index (κ3) is 2.62. The SMILES string of the molecule is CCCc1nc2cc(Cl)cnc2n1CCCC#N. The third-order valence-corrected chi connectivity index (χ3v) is 2.98. The van der Waals surface area contributed by atoms with Crippen molar-refractivity contribution in [1.82, 2.24) is 14.5 Å². The highest BCUT2D eigenvalue weighted by Crippen LogP contribution is 2.19. The molecule has 0 amide bonds. The van der Waals surface area contributed by atoms with E-state index in [9.17, 15) is 0 Å². The van der Waals surface area contributed by atoms with E-state index in [1.165, 1.54) is 0 Å². The second-order valence-electron chi connectivity index (χ2n) is 4.19. The van der Waals surface area contributed by atoms with Crippen LogP contribution in [0.25, 0.3) is 11.2 Å². The minimum Gasteiger partial charge on any atom is -0.313 e. The number of pyridine rings is 1. The van der Waals surface area contributed by atoms with Crippen LogP contribution in [0.5, 0.6) is 0 Å². The van der Waals surface area contributed by atoms with Gasteiger partial charge in [0.25, 0.3) is 0 Å². The highest BCUT2D eigenvalue weighted by Gasteiger charge is 2.11. The Morgan fingerprint density at radius 1 is 1.50 bits per heavy atom. The molecule has 0 aromatic carbocycles. The summed E-state index contributed by atoms with van der Waals surface area (Å²) in [5.74, 6) is 1.03. The fourth-order valence-corrected chi connectivity index (χ4v) is 2.15. The number of fused-ring (bicyclic) bond motifs is 1. The van der Waals surface area contributed by atoms with Crippen molar-refractivity contribution in [1.29, 1.82) is 5.26 Å². The minimum atomic E-state index is 0.554. The molecule has 5 heteroatoms. The van der Waals surface area contributed by atoms with Crippen LogP contribution in [0.4, 0.5) is 0 Å². The molecular weight excluding hydrogens is 248 g/mol.